The fourth-order valence-electron chi connectivity index (χ4n) is 5.64. The Labute approximate surface area is 258 Å². The van der Waals surface area contributed by atoms with Crippen LogP contribution in [0.3, 0.4) is 0 Å². The summed E-state index contributed by atoms with van der Waals surface area (Å²) in [4.78, 5) is 20.9. The quantitative estimate of drug-likeness (QED) is 0.318. The van der Waals surface area contributed by atoms with Gasteiger partial charge in [0.15, 0.2) is 0 Å². The summed E-state index contributed by atoms with van der Waals surface area (Å²) in [6.07, 6.45) is 3.50. The molecule has 0 aliphatic carbocycles. The summed E-state index contributed by atoms with van der Waals surface area (Å²) in [5.41, 5.74) is 0.453. The van der Waals surface area contributed by atoms with E-state index in [2.05, 4.69) is 28.6 Å². The number of carbonyl (C=O) groups excluding carboxylic acids is 1. The van der Waals surface area contributed by atoms with E-state index in [4.69, 9.17) is 27.9 Å². The van der Waals surface area contributed by atoms with Gasteiger partial charge in [-0.25, -0.2) is 8.42 Å². The zero-order valence-corrected chi connectivity index (χ0v) is 26.1. The van der Waals surface area contributed by atoms with E-state index in [0.717, 1.165) is 51.9 Å². The number of piperidine rings is 2. The number of sulfonamides is 1. The second kappa shape index (κ2) is 13.2. The summed E-state index contributed by atoms with van der Waals surface area (Å²) >= 11 is 12.6. The van der Waals surface area contributed by atoms with Crippen molar-refractivity contribution >= 4 is 44.8 Å². The van der Waals surface area contributed by atoms with Gasteiger partial charge in [-0.1, -0.05) is 35.3 Å². The Bertz CT molecular complexity index is 1480. The molecule has 0 unspecified atom stereocenters. The molecule has 1 N–H and O–H groups in total. The number of benzene rings is 3. The molecule has 2 aliphatic rings. The lowest BCUT2D eigenvalue weighted by molar-refractivity contribution is 0.0341. The van der Waals surface area contributed by atoms with Crippen LogP contribution in [0.25, 0.3) is 0 Å². The first-order valence-corrected chi connectivity index (χ1v) is 16.4. The van der Waals surface area contributed by atoms with Crippen molar-refractivity contribution in [3.63, 3.8) is 0 Å². The SMILES string of the molecule is CN1CCC(N(C(=O)c2cc(Cl)ccc2NS(=O)(=O)c2ccc(Oc3ccccc3Cl)cc2)C2CCN(C)CC2)CC1. The smallest absolute Gasteiger partial charge is 0.261 e. The van der Waals surface area contributed by atoms with Gasteiger partial charge in [-0.3, -0.25) is 9.52 Å². The lowest BCUT2D eigenvalue weighted by Crippen LogP contribution is -2.54. The molecule has 0 radical (unpaired) electrons. The number of halogens is 2. The fraction of sp³-hybridized carbons (Fsp3) is 0.387. The second-order valence-corrected chi connectivity index (χ2v) is 13.6. The summed E-state index contributed by atoms with van der Waals surface area (Å²) < 4.78 is 35.4. The largest absolute Gasteiger partial charge is 0.456 e. The van der Waals surface area contributed by atoms with Gasteiger partial charge in [0.05, 0.1) is 21.2 Å². The van der Waals surface area contributed by atoms with Crippen LogP contribution in [0.4, 0.5) is 5.69 Å². The predicted molar refractivity (Wildman–Crippen MR) is 167 cm³/mol. The highest BCUT2D eigenvalue weighted by Crippen LogP contribution is 2.32. The zero-order chi connectivity index (χ0) is 29.9. The normalized spacial score (nSPS) is 17.6. The Morgan fingerprint density at radius 2 is 1.43 bits per heavy atom. The van der Waals surface area contributed by atoms with Gasteiger partial charge in [0.2, 0.25) is 0 Å². The van der Waals surface area contributed by atoms with E-state index in [1.54, 1.807) is 54.6 Å². The molecule has 2 aliphatic heterocycles. The highest BCUT2D eigenvalue weighted by atomic mass is 35.5. The lowest BCUT2D eigenvalue weighted by atomic mass is 9.95. The van der Waals surface area contributed by atoms with Gasteiger partial charge in [-0.15, -0.1) is 0 Å². The molecule has 3 aromatic carbocycles. The summed E-state index contributed by atoms with van der Waals surface area (Å²) in [7, 11) is 0.160. The van der Waals surface area contributed by atoms with E-state index in [9.17, 15) is 13.2 Å². The Hall–Kier alpha value is -2.82. The predicted octanol–water partition coefficient (Wildman–Crippen LogP) is 6.22. The van der Waals surface area contributed by atoms with Crippen LogP contribution in [0.2, 0.25) is 10.0 Å². The fourth-order valence-corrected chi connectivity index (χ4v) is 7.07. The number of carbonyl (C=O) groups is 1. The van der Waals surface area contributed by atoms with Crippen LogP contribution in [-0.2, 0) is 10.0 Å². The van der Waals surface area contributed by atoms with Gasteiger partial charge in [0, 0.05) is 17.1 Å². The van der Waals surface area contributed by atoms with Crippen LogP contribution in [0, 0.1) is 0 Å². The minimum absolute atomic E-state index is 0.0323. The molecule has 0 saturated carbocycles. The van der Waals surface area contributed by atoms with Crippen LogP contribution < -0.4 is 9.46 Å². The molecule has 2 fully saturated rings. The zero-order valence-electron chi connectivity index (χ0n) is 23.8. The van der Waals surface area contributed by atoms with E-state index >= 15 is 0 Å². The minimum atomic E-state index is -4.03. The van der Waals surface area contributed by atoms with Crippen molar-refractivity contribution in [3.8, 4) is 11.5 Å². The van der Waals surface area contributed by atoms with E-state index in [-0.39, 0.29) is 34.1 Å². The number of para-hydroxylation sites is 1. The molecule has 3 aromatic rings. The molecule has 42 heavy (non-hydrogen) atoms. The first-order chi connectivity index (χ1) is 20.1. The van der Waals surface area contributed by atoms with E-state index in [1.165, 1.54) is 12.1 Å². The maximum absolute atomic E-state index is 14.3. The van der Waals surface area contributed by atoms with Crippen molar-refractivity contribution in [3.05, 3.63) is 82.3 Å². The first kappa shape index (κ1) is 30.6. The summed E-state index contributed by atoms with van der Waals surface area (Å²) in [6, 6.07) is 18.0. The Balaban J connectivity index is 1.40. The highest BCUT2D eigenvalue weighted by molar-refractivity contribution is 7.92. The molecule has 0 spiro atoms. The van der Waals surface area contributed by atoms with Gasteiger partial charge >= 0.3 is 0 Å². The van der Waals surface area contributed by atoms with Gasteiger partial charge in [0.25, 0.3) is 15.9 Å². The molecule has 0 atom stereocenters. The average Bonchev–Trinajstić information content (AvgIpc) is 2.97. The summed E-state index contributed by atoms with van der Waals surface area (Å²) in [5, 5.41) is 0.819. The number of hydrogen-bond donors (Lipinski definition) is 1. The number of ether oxygens (including phenoxy) is 1. The Morgan fingerprint density at radius 3 is 2.00 bits per heavy atom. The van der Waals surface area contributed by atoms with Crippen LogP contribution in [-0.4, -0.2) is 81.4 Å². The van der Waals surface area contributed by atoms with Crippen molar-refractivity contribution in [2.75, 3.05) is 45.0 Å². The maximum Gasteiger partial charge on any atom is 0.261 e. The third kappa shape index (κ3) is 7.21. The van der Waals surface area contributed by atoms with Gasteiger partial charge in [-0.05, 0) is 121 Å². The van der Waals surface area contributed by atoms with Crippen LogP contribution in [0.5, 0.6) is 11.5 Å². The van der Waals surface area contributed by atoms with Crippen LogP contribution in [0.1, 0.15) is 36.0 Å². The number of nitrogens with zero attached hydrogens (tertiary/aromatic N) is 3. The van der Waals surface area contributed by atoms with Crippen LogP contribution >= 0.6 is 23.2 Å². The monoisotopic (exact) mass is 630 g/mol. The highest BCUT2D eigenvalue weighted by Gasteiger charge is 2.36. The van der Waals surface area contributed by atoms with E-state index in [0.29, 0.717) is 21.5 Å². The molecule has 2 heterocycles. The third-order valence-corrected chi connectivity index (χ3v) is 9.98. The number of rotatable bonds is 8. The van der Waals surface area contributed by atoms with E-state index < -0.39 is 10.0 Å². The number of nitrogens with one attached hydrogen (secondary N) is 1. The molecular formula is C31H36Cl2N4O4S. The molecule has 5 rings (SSSR count). The summed E-state index contributed by atoms with van der Waals surface area (Å²) in [6.45, 7) is 3.64. The molecule has 0 bridgehead atoms. The lowest BCUT2D eigenvalue weighted by Gasteiger charge is -2.44. The first-order valence-electron chi connectivity index (χ1n) is 14.2. The van der Waals surface area contributed by atoms with E-state index in [1.807, 2.05) is 4.90 Å². The minimum Gasteiger partial charge on any atom is -0.456 e. The topological polar surface area (TPSA) is 82.2 Å². The number of likely N-dealkylation sites (tertiary alicyclic amines) is 2. The number of hydrogen-bond acceptors (Lipinski definition) is 6. The average molecular weight is 632 g/mol. The van der Waals surface area contributed by atoms with Gasteiger partial charge < -0.3 is 19.4 Å². The van der Waals surface area contributed by atoms with Crippen LogP contribution in [0.15, 0.2) is 71.6 Å². The molecule has 224 valence electrons. The maximum atomic E-state index is 14.3. The number of anilines is 1. The summed E-state index contributed by atoms with van der Waals surface area (Å²) in [5.74, 6) is 0.718. The second-order valence-electron chi connectivity index (χ2n) is 11.1. The van der Waals surface area contributed by atoms with Crippen molar-refractivity contribution in [2.45, 2.75) is 42.7 Å². The van der Waals surface area contributed by atoms with Crippen molar-refractivity contribution in [1.82, 2.24) is 14.7 Å². The standard InChI is InChI=1S/C31H36Cl2N4O4S/c1-35-17-13-23(14-18-35)37(24-15-19-36(2)20-16-24)31(38)27-21-22(32)7-12-29(27)34-42(39,40)26-10-8-25(9-11-26)41-30-6-4-3-5-28(30)33/h3-12,21,23-24,34H,13-20H2,1-2H3. The molecular weight excluding hydrogens is 595 g/mol. The Kier molecular flexibility index (Phi) is 9.64. The van der Waals surface area contributed by atoms with Crippen molar-refractivity contribution < 1.29 is 17.9 Å². The molecule has 8 nitrogen and oxygen atoms in total. The molecule has 0 aromatic heterocycles. The molecule has 11 heteroatoms. The third-order valence-electron chi connectivity index (χ3n) is 8.05. The Morgan fingerprint density at radius 1 is 0.857 bits per heavy atom. The van der Waals surface area contributed by atoms with Crippen molar-refractivity contribution in [2.24, 2.45) is 0 Å². The molecule has 2 saturated heterocycles. The number of amides is 1. The van der Waals surface area contributed by atoms with Gasteiger partial charge in [0.1, 0.15) is 11.5 Å². The van der Waals surface area contributed by atoms with Crippen molar-refractivity contribution in [1.29, 1.82) is 0 Å². The van der Waals surface area contributed by atoms with Gasteiger partial charge in [-0.2, -0.15) is 0 Å². The molecule has 1 amide bonds.